The average Bonchev–Trinajstić information content (AvgIpc) is 2.65. The Morgan fingerprint density at radius 2 is 1.63 bits per heavy atom. The summed E-state index contributed by atoms with van der Waals surface area (Å²) in [5.74, 6) is 1.06. The van der Waals surface area contributed by atoms with Gasteiger partial charge in [0.1, 0.15) is 0 Å². The van der Waals surface area contributed by atoms with E-state index in [1.165, 1.54) is 51.6 Å². The van der Waals surface area contributed by atoms with Crippen LogP contribution < -0.4 is 0 Å². The minimum atomic E-state index is 0.275. The standard InChI is InChI=1S/C17H30N2/c1-17(2,3)15-9-8-14(13-18)16(12-15)19-10-6-4-5-7-11-19/h14-16H,4-12H2,1-3H3. The van der Waals surface area contributed by atoms with E-state index >= 15 is 0 Å². The second-order valence-corrected chi connectivity index (χ2v) is 7.63. The number of hydrogen-bond acceptors (Lipinski definition) is 2. The molecule has 2 rings (SSSR count). The summed E-state index contributed by atoms with van der Waals surface area (Å²) in [6.07, 6.45) is 9.00. The quantitative estimate of drug-likeness (QED) is 0.707. The molecule has 1 saturated heterocycles. The summed E-state index contributed by atoms with van der Waals surface area (Å²) in [6, 6.07) is 3.13. The van der Waals surface area contributed by atoms with Gasteiger partial charge in [0.15, 0.2) is 0 Å². The van der Waals surface area contributed by atoms with Crippen molar-refractivity contribution in [1.82, 2.24) is 4.90 Å². The van der Waals surface area contributed by atoms with Crippen molar-refractivity contribution in [3.63, 3.8) is 0 Å². The van der Waals surface area contributed by atoms with E-state index in [2.05, 4.69) is 31.7 Å². The fourth-order valence-corrected chi connectivity index (χ4v) is 3.91. The van der Waals surface area contributed by atoms with Gasteiger partial charge in [-0.2, -0.15) is 5.26 Å². The third-order valence-corrected chi connectivity index (χ3v) is 5.32. The van der Waals surface area contributed by atoms with E-state index < -0.39 is 0 Å². The maximum absolute atomic E-state index is 9.47. The molecule has 2 nitrogen and oxygen atoms in total. The van der Waals surface area contributed by atoms with Crippen LogP contribution in [0.1, 0.15) is 65.7 Å². The van der Waals surface area contributed by atoms with Gasteiger partial charge in [0.05, 0.1) is 12.0 Å². The van der Waals surface area contributed by atoms with E-state index in [-0.39, 0.29) is 5.92 Å². The molecule has 0 aromatic rings. The largest absolute Gasteiger partial charge is 0.299 e. The van der Waals surface area contributed by atoms with Gasteiger partial charge in [0.25, 0.3) is 0 Å². The van der Waals surface area contributed by atoms with Gasteiger partial charge in [0.2, 0.25) is 0 Å². The molecule has 0 amide bonds. The number of likely N-dealkylation sites (tertiary alicyclic amines) is 1. The fraction of sp³-hybridized carbons (Fsp3) is 0.941. The van der Waals surface area contributed by atoms with E-state index in [0.717, 1.165) is 12.3 Å². The Labute approximate surface area is 119 Å². The summed E-state index contributed by atoms with van der Waals surface area (Å²) in [5, 5.41) is 9.47. The predicted octanol–water partition coefficient (Wildman–Crippen LogP) is 4.22. The topological polar surface area (TPSA) is 27.0 Å². The molecule has 1 heterocycles. The highest BCUT2D eigenvalue weighted by atomic mass is 15.2. The zero-order chi connectivity index (χ0) is 13.9. The zero-order valence-electron chi connectivity index (χ0n) is 13.0. The van der Waals surface area contributed by atoms with E-state index in [9.17, 15) is 5.26 Å². The molecule has 19 heavy (non-hydrogen) atoms. The van der Waals surface area contributed by atoms with Crippen LogP contribution in [0.25, 0.3) is 0 Å². The Kier molecular flexibility index (Phi) is 4.90. The Bertz CT molecular complexity index is 315. The van der Waals surface area contributed by atoms with Crippen molar-refractivity contribution in [2.75, 3.05) is 13.1 Å². The average molecular weight is 262 g/mol. The Morgan fingerprint density at radius 3 is 2.16 bits per heavy atom. The van der Waals surface area contributed by atoms with Gasteiger partial charge >= 0.3 is 0 Å². The number of rotatable bonds is 1. The molecule has 0 aromatic heterocycles. The molecule has 3 unspecified atom stereocenters. The number of hydrogen-bond donors (Lipinski definition) is 0. The van der Waals surface area contributed by atoms with Crippen LogP contribution >= 0.6 is 0 Å². The van der Waals surface area contributed by atoms with Crippen molar-refractivity contribution < 1.29 is 0 Å². The number of nitriles is 1. The van der Waals surface area contributed by atoms with E-state index in [4.69, 9.17) is 0 Å². The first-order valence-electron chi connectivity index (χ1n) is 8.16. The number of nitrogens with zero attached hydrogens (tertiary/aromatic N) is 2. The molecule has 0 bridgehead atoms. The van der Waals surface area contributed by atoms with Gasteiger partial charge < -0.3 is 0 Å². The van der Waals surface area contributed by atoms with Crippen LogP contribution in [-0.4, -0.2) is 24.0 Å². The first-order chi connectivity index (χ1) is 9.02. The van der Waals surface area contributed by atoms with E-state index in [1.54, 1.807) is 0 Å². The molecule has 1 aliphatic heterocycles. The molecule has 0 radical (unpaired) electrons. The van der Waals surface area contributed by atoms with Crippen LogP contribution in [-0.2, 0) is 0 Å². The Hall–Kier alpha value is -0.550. The van der Waals surface area contributed by atoms with Crippen LogP contribution in [0.5, 0.6) is 0 Å². The smallest absolute Gasteiger partial charge is 0.0672 e. The summed E-state index contributed by atoms with van der Waals surface area (Å²) >= 11 is 0. The maximum Gasteiger partial charge on any atom is 0.0672 e. The molecule has 1 saturated carbocycles. The first kappa shape index (κ1) is 14.9. The predicted molar refractivity (Wildman–Crippen MR) is 79.7 cm³/mol. The molecule has 0 N–H and O–H groups in total. The maximum atomic E-state index is 9.47. The third-order valence-electron chi connectivity index (χ3n) is 5.32. The molecule has 3 atom stereocenters. The van der Waals surface area contributed by atoms with E-state index in [1.807, 2.05) is 0 Å². The third kappa shape index (κ3) is 3.72. The van der Waals surface area contributed by atoms with E-state index in [0.29, 0.717) is 11.5 Å². The molecule has 0 aromatic carbocycles. The van der Waals surface area contributed by atoms with Crippen molar-refractivity contribution in [3.8, 4) is 6.07 Å². The lowest BCUT2D eigenvalue weighted by atomic mass is 9.68. The Morgan fingerprint density at radius 1 is 1.00 bits per heavy atom. The van der Waals surface area contributed by atoms with Crippen molar-refractivity contribution in [1.29, 1.82) is 5.26 Å². The summed E-state index contributed by atoms with van der Waals surface area (Å²) in [7, 11) is 0. The fourth-order valence-electron chi connectivity index (χ4n) is 3.91. The van der Waals surface area contributed by atoms with Gasteiger partial charge in [-0.15, -0.1) is 0 Å². The highest BCUT2D eigenvalue weighted by molar-refractivity contribution is 4.99. The summed E-state index contributed by atoms with van der Waals surface area (Å²) in [4.78, 5) is 2.65. The van der Waals surface area contributed by atoms with Crippen molar-refractivity contribution in [2.45, 2.75) is 71.8 Å². The molecule has 2 aliphatic rings. The van der Waals surface area contributed by atoms with Crippen LogP contribution in [0.3, 0.4) is 0 Å². The highest BCUT2D eigenvalue weighted by Crippen LogP contribution is 2.41. The summed E-state index contributed by atoms with van der Waals surface area (Å²) in [6.45, 7) is 9.54. The zero-order valence-corrected chi connectivity index (χ0v) is 13.0. The Balaban J connectivity index is 2.07. The van der Waals surface area contributed by atoms with Crippen molar-refractivity contribution in [2.24, 2.45) is 17.3 Å². The summed E-state index contributed by atoms with van der Waals surface area (Å²) in [5.41, 5.74) is 0.393. The van der Waals surface area contributed by atoms with Gasteiger partial charge in [-0.1, -0.05) is 33.6 Å². The second-order valence-electron chi connectivity index (χ2n) is 7.63. The molecule has 0 spiro atoms. The lowest BCUT2D eigenvalue weighted by Gasteiger charge is -2.44. The van der Waals surface area contributed by atoms with Crippen LogP contribution in [0.2, 0.25) is 0 Å². The molecular formula is C17H30N2. The lowest BCUT2D eigenvalue weighted by Crippen LogP contribution is -2.46. The van der Waals surface area contributed by atoms with Gasteiger partial charge in [-0.3, -0.25) is 4.90 Å². The van der Waals surface area contributed by atoms with Gasteiger partial charge in [-0.25, -0.2) is 0 Å². The summed E-state index contributed by atoms with van der Waals surface area (Å²) < 4.78 is 0. The minimum Gasteiger partial charge on any atom is -0.299 e. The van der Waals surface area contributed by atoms with Gasteiger partial charge in [0, 0.05) is 6.04 Å². The second kappa shape index (κ2) is 6.27. The normalized spacial score (nSPS) is 34.5. The SMILES string of the molecule is CC(C)(C)C1CCC(C#N)C(N2CCCCCC2)C1. The monoisotopic (exact) mass is 262 g/mol. The molecule has 108 valence electrons. The van der Waals surface area contributed by atoms with Crippen molar-refractivity contribution >= 4 is 0 Å². The minimum absolute atomic E-state index is 0.275. The molecular weight excluding hydrogens is 232 g/mol. The van der Waals surface area contributed by atoms with Gasteiger partial charge in [-0.05, 0) is 56.5 Å². The van der Waals surface area contributed by atoms with Crippen LogP contribution in [0.15, 0.2) is 0 Å². The molecule has 2 heteroatoms. The van der Waals surface area contributed by atoms with Crippen molar-refractivity contribution in [3.05, 3.63) is 0 Å². The molecule has 2 fully saturated rings. The highest BCUT2D eigenvalue weighted by Gasteiger charge is 2.38. The molecule has 1 aliphatic carbocycles. The lowest BCUT2D eigenvalue weighted by molar-refractivity contribution is 0.0622. The van der Waals surface area contributed by atoms with Crippen LogP contribution in [0, 0.1) is 28.6 Å². The first-order valence-corrected chi connectivity index (χ1v) is 8.16. The van der Waals surface area contributed by atoms with Crippen LogP contribution in [0.4, 0.5) is 0 Å².